The monoisotopic (exact) mass is 507 g/mol. The first kappa shape index (κ1) is 24.5. The maximum absolute atomic E-state index is 11.4. The summed E-state index contributed by atoms with van der Waals surface area (Å²) in [6.07, 6.45) is 3.37. The highest BCUT2D eigenvalue weighted by atomic mass is 16.5. The summed E-state index contributed by atoms with van der Waals surface area (Å²) in [4.78, 5) is 18.1. The Morgan fingerprint density at radius 1 is 0.868 bits per heavy atom. The molecule has 2 fully saturated rings. The molecule has 0 unspecified atom stereocenters. The molecule has 1 spiro atoms. The van der Waals surface area contributed by atoms with Crippen LogP contribution in [0.2, 0.25) is 0 Å². The van der Waals surface area contributed by atoms with Crippen LogP contribution in [0, 0.1) is 12.3 Å². The molecule has 0 saturated carbocycles. The summed E-state index contributed by atoms with van der Waals surface area (Å²) in [6.45, 7) is 7.10. The van der Waals surface area contributed by atoms with Gasteiger partial charge in [0.25, 0.3) is 5.91 Å². The number of aryl methyl sites for hydroxylation is 1. The second-order valence-corrected chi connectivity index (χ2v) is 10.8. The van der Waals surface area contributed by atoms with Crippen LogP contribution in [-0.2, 0) is 17.7 Å². The van der Waals surface area contributed by atoms with Crippen LogP contribution >= 0.6 is 0 Å². The van der Waals surface area contributed by atoms with Crippen molar-refractivity contribution in [3.05, 3.63) is 101 Å². The molecule has 0 aliphatic carbocycles. The maximum Gasteiger partial charge on any atom is 0.288 e. The number of ether oxygens (including phenoxy) is 1. The number of primary amides is 1. The van der Waals surface area contributed by atoms with Gasteiger partial charge in [0.1, 0.15) is 5.82 Å². The molecule has 3 aromatic carbocycles. The summed E-state index contributed by atoms with van der Waals surface area (Å²) in [5.74, 6) is 0.0260. The Morgan fingerprint density at radius 2 is 1.42 bits per heavy atom. The van der Waals surface area contributed by atoms with Crippen LogP contribution in [0.4, 0.5) is 0 Å². The Balaban J connectivity index is 1.05. The molecule has 3 heterocycles. The zero-order valence-electron chi connectivity index (χ0n) is 21.8. The molecule has 38 heavy (non-hydrogen) atoms. The number of nitrogens with zero attached hydrogens (tertiary/aromatic N) is 4. The molecule has 194 valence electrons. The Morgan fingerprint density at radius 3 is 1.92 bits per heavy atom. The quantitative estimate of drug-likeness (QED) is 0.397. The number of carbonyl (C=O) groups excluding carboxylic acids is 1. The largest absolute Gasteiger partial charge is 0.380 e. The second-order valence-electron chi connectivity index (χ2n) is 10.8. The minimum atomic E-state index is -0.627. The summed E-state index contributed by atoms with van der Waals surface area (Å²) in [6, 6.07) is 26.0. The van der Waals surface area contributed by atoms with Crippen molar-refractivity contribution < 1.29 is 9.53 Å². The van der Waals surface area contributed by atoms with Gasteiger partial charge >= 0.3 is 0 Å². The van der Waals surface area contributed by atoms with Crippen molar-refractivity contribution in [3.63, 3.8) is 0 Å². The number of rotatable bonds is 7. The van der Waals surface area contributed by atoms with Crippen molar-refractivity contribution >= 4 is 5.91 Å². The third kappa shape index (κ3) is 5.12. The first-order chi connectivity index (χ1) is 18.5. The van der Waals surface area contributed by atoms with Gasteiger partial charge in [-0.25, -0.2) is 9.67 Å². The normalized spacial score (nSPS) is 16.9. The summed E-state index contributed by atoms with van der Waals surface area (Å²) < 4.78 is 7.09. The number of benzene rings is 3. The molecule has 2 N–H and O–H groups in total. The number of amides is 1. The zero-order valence-corrected chi connectivity index (χ0v) is 21.8. The lowest BCUT2D eigenvalue weighted by Gasteiger charge is -2.47. The Labute approximate surface area is 223 Å². The first-order valence-electron chi connectivity index (χ1n) is 13.3. The number of aromatic nitrogens is 3. The van der Waals surface area contributed by atoms with Crippen LogP contribution in [0.25, 0.3) is 16.8 Å². The molecular formula is C31H33N5O2. The van der Waals surface area contributed by atoms with E-state index in [1.807, 2.05) is 12.1 Å². The minimum Gasteiger partial charge on any atom is -0.380 e. The highest BCUT2D eigenvalue weighted by Crippen LogP contribution is 2.38. The van der Waals surface area contributed by atoms with Crippen molar-refractivity contribution in [2.45, 2.75) is 32.7 Å². The lowest BCUT2D eigenvalue weighted by Crippen LogP contribution is -2.50. The molecule has 7 heteroatoms. The third-order valence-electron chi connectivity index (χ3n) is 7.96. The van der Waals surface area contributed by atoms with Crippen molar-refractivity contribution in [1.82, 2.24) is 19.7 Å². The number of piperidine rings is 1. The fraction of sp³-hybridized carbons (Fsp3) is 0.323. The van der Waals surface area contributed by atoms with Gasteiger partial charge in [0, 0.05) is 12.0 Å². The van der Waals surface area contributed by atoms with Gasteiger partial charge in [0.15, 0.2) is 0 Å². The average molecular weight is 508 g/mol. The van der Waals surface area contributed by atoms with Crippen LogP contribution in [0.1, 0.15) is 46.0 Å². The van der Waals surface area contributed by atoms with E-state index >= 15 is 0 Å². The molecule has 6 rings (SSSR count). The van der Waals surface area contributed by atoms with Crippen molar-refractivity contribution in [1.29, 1.82) is 0 Å². The van der Waals surface area contributed by atoms with E-state index < -0.39 is 5.91 Å². The van der Waals surface area contributed by atoms with Gasteiger partial charge in [-0.05, 0) is 79.2 Å². The highest BCUT2D eigenvalue weighted by molar-refractivity contribution is 5.88. The van der Waals surface area contributed by atoms with E-state index in [0.29, 0.717) is 11.2 Å². The summed E-state index contributed by atoms with van der Waals surface area (Å²) >= 11 is 0. The molecule has 2 aliphatic rings. The fourth-order valence-corrected chi connectivity index (χ4v) is 5.47. The van der Waals surface area contributed by atoms with Gasteiger partial charge in [-0.3, -0.25) is 9.69 Å². The second kappa shape index (κ2) is 10.2. The van der Waals surface area contributed by atoms with Crippen LogP contribution in [0.3, 0.4) is 0 Å². The first-order valence-corrected chi connectivity index (χ1v) is 13.3. The van der Waals surface area contributed by atoms with E-state index in [1.165, 1.54) is 53.7 Å². The molecule has 2 aliphatic heterocycles. The van der Waals surface area contributed by atoms with Crippen molar-refractivity contribution in [2.75, 3.05) is 26.3 Å². The SMILES string of the molecule is Cc1nc(C(N)=O)nn1-c1ccc(Cc2ccc(-c3ccc(CN4CCC5(CC4)COC5)cc3)cc2)cc1. The number of hydrogen-bond donors (Lipinski definition) is 1. The molecule has 4 aromatic rings. The molecule has 1 aromatic heterocycles. The van der Waals surface area contributed by atoms with Crippen LogP contribution in [-0.4, -0.2) is 51.9 Å². The van der Waals surface area contributed by atoms with Gasteiger partial charge in [-0.15, -0.1) is 5.10 Å². The summed E-state index contributed by atoms with van der Waals surface area (Å²) in [7, 11) is 0. The number of hydrogen-bond acceptors (Lipinski definition) is 5. The molecule has 0 radical (unpaired) electrons. The Hall–Kier alpha value is -3.81. The van der Waals surface area contributed by atoms with Crippen LogP contribution < -0.4 is 5.73 Å². The van der Waals surface area contributed by atoms with Gasteiger partial charge < -0.3 is 10.5 Å². The van der Waals surface area contributed by atoms with Crippen molar-refractivity contribution in [3.8, 4) is 16.8 Å². The molecule has 7 nitrogen and oxygen atoms in total. The number of nitrogens with two attached hydrogens (primary N) is 1. The Kier molecular flexibility index (Phi) is 6.55. The van der Waals surface area contributed by atoms with E-state index in [2.05, 4.69) is 75.6 Å². The van der Waals surface area contributed by atoms with E-state index in [4.69, 9.17) is 10.5 Å². The molecule has 2 saturated heterocycles. The van der Waals surface area contributed by atoms with Gasteiger partial charge in [0.2, 0.25) is 5.82 Å². The topological polar surface area (TPSA) is 86.3 Å². The molecular weight excluding hydrogens is 474 g/mol. The van der Waals surface area contributed by atoms with Crippen LogP contribution in [0.15, 0.2) is 72.8 Å². The molecule has 0 atom stereocenters. The van der Waals surface area contributed by atoms with Crippen LogP contribution in [0.5, 0.6) is 0 Å². The average Bonchev–Trinajstić information content (AvgIpc) is 3.32. The minimum absolute atomic E-state index is 0.0286. The van der Waals surface area contributed by atoms with E-state index in [1.54, 1.807) is 11.6 Å². The van der Waals surface area contributed by atoms with E-state index in [-0.39, 0.29) is 5.82 Å². The lowest BCUT2D eigenvalue weighted by atomic mass is 9.77. The maximum atomic E-state index is 11.4. The smallest absolute Gasteiger partial charge is 0.288 e. The van der Waals surface area contributed by atoms with Crippen molar-refractivity contribution in [2.24, 2.45) is 11.1 Å². The molecule has 0 bridgehead atoms. The molecule has 1 amide bonds. The van der Waals surface area contributed by atoms with E-state index in [0.717, 1.165) is 31.9 Å². The fourth-order valence-electron chi connectivity index (χ4n) is 5.47. The number of likely N-dealkylation sites (tertiary alicyclic amines) is 1. The lowest BCUT2D eigenvalue weighted by molar-refractivity contribution is -0.140. The zero-order chi connectivity index (χ0) is 26.1. The predicted octanol–water partition coefficient (Wildman–Crippen LogP) is 4.54. The van der Waals surface area contributed by atoms with Gasteiger partial charge in [-0.1, -0.05) is 60.7 Å². The predicted molar refractivity (Wildman–Crippen MR) is 147 cm³/mol. The van der Waals surface area contributed by atoms with E-state index in [9.17, 15) is 4.79 Å². The number of carbonyl (C=O) groups is 1. The van der Waals surface area contributed by atoms with Gasteiger partial charge in [-0.2, -0.15) is 0 Å². The Bertz CT molecular complexity index is 1410. The summed E-state index contributed by atoms with van der Waals surface area (Å²) in [5, 5.41) is 4.20. The van der Waals surface area contributed by atoms with Gasteiger partial charge in [0.05, 0.1) is 18.9 Å². The third-order valence-corrected chi connectivity index (χ3v) is 7.96. The summed E-state index contributed by atoms with van der Waals surface area (Å²) in [5.41, 5.74) is 12.9. The standard InChI is InChI=1S/C31H33N5O2/c1-22-33-30(29(32)37)34-36(22)28-12-6-24(7-13-28)18-23-2-8-26(9-3-23)27-10-4-25(5-11-27)19-35-16-14-31(15-17-35)20-38-21-31/h2-13H,14-21H2,1H3,(H2,32,37). The highest BCUT2D eigenvalue weighted by Gasteiger charge is 2.40.